The van der Waals surface area contributed by atoms with Gasteiger partial charge in [-0.3, -0.25) is 4.79 Å². The van der Waals surface area contributed by atoms with Gasteiger partial charge in [0.2, 0.25) is 10.0 Å². The van der Waals surface area contributed by atoms with E-state index < -0.39 is 47.9 Å². The molecule has 13 heteroatoms. The molecular formula is C33H42F3N3O5S2. The number of nitrogens with zero attached hydrogens (tertiary/aromatic N) is 1. The molecule has 2 N–H and O–H groups in total. The van der Waals surface area contributed by atoms with Crippen LogP contribution in [0.5, 0.6) is 0 Å². The highest BCUT2D eigenvalue weighted by Crippen LogP contribution is 2.39. The summed E-state index contributed by atoms with van der Waals surface area (Å²) < 4.78 is 97.6. The van der Waals surface area contributed by atoms with Crippen molar-refractivity contribution in [1.29, 1.82) is 0 Å². The Labute approximate surface area is 269 Å². The van der Waals surface area contributed by atoms with E-state index in [2.05, 4.69) is 10.0 Å². The van der Waals surface area contributed by atoms with Crippen molar-refractivity contribution >= 4 is 25.8 Å². The first-order valence-electron chi connectivity index (χ1n) is 15.4. The number of carbonyl (C=O) groups excluding carboxylic acids is 1. The van der Waals surface area contributed by atoms with Gasteiger partial charge in [-0.1, -0.05) is 44.4 Å². The molecule has 46 heavy (non-hydrogen) atoms. The summed E-state index contributed by atoms with van der Waals surface area (Å²) >= 11 is 0. The summed E-state index contributed by atoms with van der Waals surface area (Å²) in [5, 5.41) is 2.84. The predicted molar refractivity (Wildman–Crippen MR) is 172 cm³/mol. The molecule has 2 aromatic carbocycles. The monoisotopic (exact) mass is 681 g/mol. The first-order chi connectivity index (χ1) is 21.3. The Kier molecular flexibility index (Phi) is 10.5. The lowest BCUT2D eigenvalue weighted by Crippen LogP contribution is -2.41. The summed E-state index contributed by atoms with van der Waals surface area (Å²) in [4.78, 5) is 12.8. The maximum absolute atomic E-state index is 14.4. The zero-order chi connectivity index (χ0) is 34.1. The van der Waals surface area contributed by atoms with Crippen LogP contribution in [-0.2, 0) is 39.1 Å². The molecule has 1 fully saturated rings. The van der Waals surface area contributed by atoms with Gasteiger partial charge in [0, 0.05) is 30.0 Å². The molecule has 252 valence electrons. The van der Waals surface area contributed by atoms with Gasteiger partial charge in [0.05, 0.1) is 26.7 Å². The molecule has 4 rings (SSSR count). The fourth-order valence-electron chi connectivity index (χ4n) is 5.84. The van der Waals surface area contributed by atoms with E-state index in [0.29, 0.717) is 23.5 Å². The van der Waals surface area contributed by atoms with Crippen molar-refractivity contribution in [3.63, 3.8) is 0 Å². The van der Waals surface area contributed by atoms with Gasteiger partial charge in [-0.15, -0.1) is 0 Å². The number of alkyl halides is 3. The minimum absolute atomic E-state index is 0.0284. The van der Waals surface area contributed by atoms with Crippen molar-refractivity contribution in [3.8, 4) is 11.3 Å². The number of hydrogen-bond acceptors (Lipinski definition) is 5. The van der Waals surface area contributed by atoms with E-state index in [9.17, 15) is 34.8 Å². The molecule has 1 heterocycles. The molecule has 0 unspecified atom stereocenters. The van der Waals surface area contributed by atoms with Crippen molar-refractivity contribution in [2.24, 2.45) is 5.92 Å². The van der Waals surface area contributed by atoms with Gasteiger partial charge >= 0.3 is 6.18 Å². The Hall–Kier alpha value is -3.16. The Balaban J connectivity index is 1.72. The molecule has 1 aliphatic carbocycles. The summed E-state index contributed by atoms with van der Waals surface area (Å²) in [5.41, 5.74) is -0.197. The predicted octanol–water partition coefficient (Wildman–Crippen LogP) is 6.86. The summed E-state index contributed by atoms with van der Waals surface area (Å²) in [6.45, 7) is 8.57. The zero-order valence-electron chi connectivity index (χ0n) is 26.8. The molecule has 0 radical (unpaired) electrons. The second-order valence-corrected chi connectivity index (χ2v) is 16.9. The fourth-order valence-corrected chi connectivity index (χ4v) is 8.35. The van der Waals surface area contributed by atoms with Crippen LogP contribution in [0.15, 0.2) is 58.3 Å². The van der Waals surface area contributed by atoms with E-state index in [0.717, 1.165) is 44.2 Å². The number of carbonyl (C=O) groups is 1. The lowest BCUT2D eigenvalue weighted by molar-refractivity contribution is -0.139. The van der Waals surface area contributed by atoms with E-state index in [1.54, 1.807) is 52.8 Å². The summed E-state index contributed by atoms with van der Waals surface area (Å²) in [6, 6.07) is 11.0. The van der Waals surface area contributed by atoms with Crippen molar-refractivity contribution in [2.75, 3.05) is 5.75 Å². The van der Waals surface area contributed by atoms with Gasteiger partial charge in [-0.2, -0.15) is 13.2 Å². The topological polar surface area (TPSA) is 114 Å². The number of hydrogen-bond donors (Lipinski definition) is 2. The number of sulfonamides is 1. The van der Waals surface area contributed by atoms with Gasteiger partial charge < -0.3 is 9.88 Å². The number of rotatable bonds is 10. The third-order valence-corrected chi connectivity index (χ3v) is 11.8. The third kappa shape index (κ3) is 8.40. The first kappa shape index (κ1) is 35.7. The highest BCUT2D eigenvalue weighted by molar-refractivity contribution is 7.91. The Morgan fingerprint density at radius 3 is 2.13 bits per heavy atom. The zero-order valence-corrected chi connectivity index (χ0v) is 28.4. The van der Waals surface area contributed by atoms with E-state index in [1.165, 1.54) is 18.2 Å². The average molecular weight is 682 g/mol. The number of nitrogens with one attached hydrogen (secondary N) is 2. The van der Waals surface area contributed by atoms with Crippen LogP contribution in [0.3, 0.4) is 0 Å². The second kappa shape index (κ2) is 13.5. The van der Waals surface area contributed by atoms with E-state index in [1.807, 2.05) is 4.57 Å². The molecule has 1 aromatic heterocycles. The maximum atomic E-state index is 14.4. The number of benzene rings is 2. The SMILES string of the molecule is CCS(=O)(=O)c1ccc(CNC(=O)c2cc(-c3ccc(S(=O)(=O)NC(C)(C)C)c(C(F)(F)F)c3)n(CC3CCCCC3)c2C)cc1. The van der Waals surface area contributed by atoms with Crippen molar-refractivity contribution in [1.82, 2.24) is 14.6 Å². The smallest absolute Gasteiger partial charge is 0.348 e. The first-order valence-corrected chi connectivity index (χ1v) is 18.5. The largest absolute Gasteiger partial charge is 0.417 e. The molecular weight excluding hydrogens is 640 g/mol. The van der Waals surface area contributed by atoms with Gasteiger partial charge in [-0.25, -0.2) is 21.6 Å². The van der Waals surface area contributed by atoms with Crippen LogP contribution in [0.25, 0.3) is 11.3 Å². The van der Waals surface area contributed by atoms with Crippen LogP contribution in [-0.4, -0.2) is 38.6 Å². The second-order valence-electron chi connectivity index (χ2n) is 12.9. The van der Waals surface area contributed by atoms with Crippen LogP contribution >= 0.6 is 0 Å². The van der Waals surface area contributed by atoms with Gasteiger partial charge in [-0.05, 0) is 87.9 Å². The van der Waals surface area contributed by atoms with Gasteiger partial charge in [0.25, 0.3) is 5.91 Å². The quantitative estimate of drug-likeness (QED) is 0.243. The van der Waals surface area contributed by atoms with Gasteiger partial charge in [0.15, 0.2) is 9.84 Å². The van der Waals surface area contributed by atoms with Gasteiger partial charge in [0.1, 0.15) is 0 Å². The maximum Gasteiger partial charge on any atom is 0.417 e. The molecule has 1 saturated carbocycles. The van der Waals surface area contributed by atoms with E-state index in [4.69, 9.17) is 0 Å². The fraction of sp³-hybridized carbons (Fsp3) is 0.485. The molecule has 0 aliphatic heterocycles. The number of aromatic nitrogens is 1. The molecule has 1 aliphatic rings. The highest BCUT2D eigenvalue weighted by Gasteiger charge is 2.39. The Morgan fingerprint density at radius 2 is 1.57 bits per heavy atom. The Morgan fingerprint density at radius 1 is 0.935 bits per heavy atom. The lowest BCUT2D eigenvalue weighted by atomic mass is 9.89. The molecule has 8 nitrogen and oxygen atoms in total. The van der Waals surface area contributed by atoms with Crippen LogP contribution in [0.1, 0.15) is 87.0 Å². The van der Waals surface area contributed by atoms with Crippen LogP contribution < -0.4 is 10.0 Å². The molecule has 0 saturated heterocycles. The number of amides is 1. The Bertz CT molecular complexity index is 1790. The minimum Gasteiger partial charge on any atom is -0.348 e. The molecule has 0 bridgehead atoms. The van der Waals surface area contributed by atoms with Crippen molar-refractivity contribution in [3.05, 3.63) is 70.9 Å². The molecule has 1 amide bonds. The highest BCUT2D eigenvalue weighted by atomic mass is 32.2. The normalized spacial score (nSPS) is 15.2. The standard InChI is InChI=1S/C33H42F3N3O5S2/c1-6-45(41,42)26-15-12-23(13-16-26)20-37-31(40)27-19-29(39(22(27)2)21-24-10-8-7-9-11-24)25-14-17-30(28(18-25)33(34,35)36)46(43,44)38-32(3,4)5/h12-19,24,38H,6-11,20-21H2,1-5H3,(H,37,40). The number of sulfone groups is 1. The van der Waals surface area contributed by atoms with E-state index in [-0.39, 0.29) is 34.2 Å². The summed E-state index contributed by atoms with van der Waals surface area (Å²) in [5.74, 6) is -0.180. The van der Waals surface area contributed by atoms with Crippen molar-refractivity contribution in [2.45, 2.75) is 101 Å². The lowest BCUT2D eigenvalue weighted by Gasteiger charge is -2.25. The van der Waals surface area contributed by atoms with Crippen LogP contribution in [0, 0.1) is 12.8 Å². The van der Waals surface area contributed by atoms with Crippen LogP contribution in [0.2, 0.25) is 0 Å². The summed E-state index contributed by atoms with van der Waals surface area (Å²) in [7, 11) is -7.87. The average Bonchev–Trinajstić information content (AvgIpc) is 3.30. The molecule has 3 aromatic rings. The van der Waals surface area contributed by atoms with Crippen LogP contribution in [0.4, 0.5) is 13.2 Å². The minimum atomic E-state index is -4.96. The third-order valence-electron chi connectivity index (χ3n) is 8.20. The van der Waals surface area contributed by atoms with Crippen molar-refractivity contribution < 1.29 is 34.8 Å². The summed E-state index contributed by atoms with van der Waals surface area (Å²) in [6.07, 6.45) is 0.202. The molecule has 0 spiro atoms. The number of halogens is 3. The van der Waals surface area contributed by atoms with E-state index >= 15 is 0 Å². The molecule has 0 atom stereocenters.